The van der Waals surface area contributed by atoms with E-state index in [1.807, 2.05) is 27.7 Å². The van der Waals surface area contributed by atoms with Gasteiger partial charge in [0.1, 0.15) is 0 Å². The van der Waals surface area contributed by atoms with Gasteiger partial charge in [0.2, 0.25) is 0 Å². The van der Waals surface area contributed by atoms with Gasteiger partial charge in [-0.05, 0) is 39.7 Å². The molecule has 0 radical (unpaired) electrons. The molecule has 0 saturated carbocycles. The largest absolute Gasteiger partial charge is 0.441 e. The maximum absolute atomic E-state index is 11.8. The summed E-state index contributed by atoms with van der Waals surface area (Å²) in [6, 6.07) is 0. The van der Waals surface area contributed by atoms with E-state index in [0.717, 1.165) is 6.54 Å². The zero-order valence-electron chi connectivity index (χ0n) is 9.74. The third kappa shape index (κ3) is 12.0. The average Bonchev–Trinajstić information content (AvgIpc) is 1.97. The van der Waals surface area contributed by atoms with E-state index in [9.17, 15) is 13.2 Å². The van der Waals surface area contributed by atoms with E-state index in [1.165, 1.54) is 0 Å². The molecular formula is C10H20F3NS. The molecule has 0 aliphatic carbocycles. The molecule has 0 bridgehead atoms. The Kier molecular flexibility index (Phi) is 6.03. The fraction of sp³-hybridized carbons (Fsp3) is 1.00. The Labute approximate surface area is 94.2 Å². The van der Waals surface area contributed by atoms with Crippen LogP contribution in [0, 0.1) is 5.92 Å². The summed E-state index contributed by atoms with van der Waals surface area (Å²) in [5, 5.41) is 3.28. The van der Waals surface area contributed by atoms with Gasteiger partial charge in [0.15, 0.2) is 0 Å². The van der Waals surface area contributed by atoms with Crippen molar-refractivity contribution in [1.29, 1.82) is 0 Å². The second kappa shape index (κ2) is 5.99. The molecule has 1 atom stereocenters. The first-order chi connectivity index (χ1) is 6.60. The molecule has 0 aliphatic heterocycles. The fourth-order valence-corrected chi connectivity index (χ4v) is 1.71. The van der Waals surface area contributed by atoms with Crippen LogP contribution in [0.5, 0.6) is 0 Å². The topological polar surface area (TPSA) is 12.0 Å². The molecule has 0 saturated heterocycles. The zero-order valence-corrected chi connectivity index (χ0v) is 10.6. The van der Waals surface area contributed by atoms with Crippen molar-refractivity contribution >= 4 is 11.8 Å². The predicted octanol–water partition coefficient (Wildman–Crippen LogP) is 3.65. The molecular weight excluding hydrogens is 223 g/mol. The van der Waals surface area contributed by atoms with Gasteiger partial charge in [-0.15, -0.1) is 0 Å². The van der Waals surface area contributed by atoms with Gasteiger partial charge in [0, 0.05) is 11.3 Å². The minimum atomic E-state index is -4.09. The van der Waals surface area contributed by atoms with Crippen molar-refractivity contribution in [2.45, 2.75) is 45.2 Å². The van der Waals surface area contributed by atoms with Crippen LogP contribution in [0.4, 0.5) is 13.2 Å². The van der Waals surface area contributed by atoms with Crippen LogP contribution in [0.25, 0.3) is 0 Å². The first-order valence-electron chi connectivity index (χ1n) is 5.06. The highest BCUT2D eigenvalue weighted by atomic mass is 32.2. The Morgan fingerprint density at radius 1 is 1.20 bits per heavy atom. The lowest BCUT2D eigenvalue weighted by Crippen LogP contribution is -2.38. The van der Waals surface area contributed by atoms with Gasteiger partial charge in [-0.2, -0.15) is 13.2 Å². The van der Waals surface area contributed by atoms with Crippen molar-refractivity contribution in [2.24, 2.45) is 5.92 Å². The molecule has 15 heavy (non-hydrogen) atoms. The fourth-order valence-electron chi connectivity index (χ4n) is 0.958. The Morgan fingerprint density at radius 3 is 2.13 bits per heavy atom. The molecule has 0 rings (SSSR count). The van der Waals surface area contributed by atoms with Gasteiger partial charge < -0.3 is 5.32 Å². The molecule has 92 valence electrons. The van der Waals surface area contributed by atoms with E-state index in [2.05, 4.69) is 5.32 Å². The molecule has 0 aliphatic rings. The third-order valence-corrected chi connectivity index (χ3v) is 2.62. The van der Waals surface area contributed by atoms with Gasteiger partial charge in [-0.1, -0.05) is 18.7 Å². The second-order valence-electron chi connectivity index (χ2n) is 4.82. The summed E-state index contributed by atoms with van der Waals surface area (Å²) in [5.41, 5.74) is -4.05. The van der Waals surface area contributed by atoms with Gasteiger partial charge >= 0.3 is 5.51 Å². The summed E-state index contributed by atoms with van der Waals surface area (Å²) in [6.07, 6.45) is 0.591. The Bertz CT molecular complexity index is 174. The molecule has 1 N–H and O–H groups in total. The third-order valence-electron chi connectivity index (χ3n) is 1.86. The van der Waals surface area contributed by atoms with Crippen molar-refractivity contribution in [1.82, 2.24) is 5.32 Å². The number of thioether (sulfide) groups is 1. The summed E-state index contributed by atoms with van der Waals surface area (Å²) < 4.78 is 35.5. The van der Waals surface area contributed by atoms with E-state index >= 15 is 0 Å². The van der Waals surface area contributed by atoms with E-state index in [1.54, 1.807) is 0 Å². The van der Waals surface area contributed by atoms with Gasteiger partial charge in [-0.25, -0.2) is 0 Å². The molecule has 1 nitrogen and oxygen atoms in total. The van der Waals surface area contributed by atoms with Crippen LogP contribution in [-0.4, -0.2) is 23.3 Å². The van der Waals surface area contributed by atoms with E-state index < -0.39 is 5.51 Å². The van der Waals surface area contributed by atoms with Crippen molar-refractivity contribution in [3.63, 3.8) is 0 Å². The van der Waals surface area contributed by atoms with Crippen LogP contribution >= 0.6 is 11.8 Å². The highest BCUT2D eigenvalue weighted by molar-refractivity contribution is 8.00. The zero-order chi connectivity index (χ0) is 12.1. The van der Waals surface area contributed by atoms with Crippen LogP contribution in [-0.2, 0) is 0 Å². The van der Waals surface area contributed by atoms with Crippen LogP contribution in [0.3, 0.4) is 0 Å². The van der Waals surface area contributed by atoms with Crippen molar-refractivity contribution in [2.75, 3.05) is 12.3 Å². The van der Waals surface area contributed by atoms with Crippen LogP contribution < -0.4 is 5.32 Å². The minimum Gasteiger partial charge on any atom is -0.312 e. The number of hydrogen-bond donors (Lipinski definition) is 1. The van der Waals surface area contributed by atoms with Crippen LogP contribution in [0.1, 0.15) is 34.1 Å². The molecule has 0 spiro atoms. The smallest absolute Gasteiger partial charge is 0.312 e. The Morgan fingerprint density at radius 2 is 1.73 bits per heavy atom. The lowest BCUT2D eigenvalue weighted by Gasteiger charge is -2.23. The Balaban J connectivity index is 3.54. The number of halogens is 3. The molecule has 0 aromatic heterocycles. The molecule has 1 unspecified atom stereocenters. The maximum Gasteiger partial charge on any atom is 0.441 e. The molecule has 5 heteroatoms. The Hall–Kier alpha value is 0.1000. The van der Waals surface area contributed by atoms with Crippen molar-refractivity contribution in [3.8, 4) is 0 Å². The van der Waals surface area contributed by atoms with Crippen LogP contribution in [0.15, 0.2) is 0 Å². The molecule has 0 fully saturated rings. The number of rotatable bonds is 5. The SMILES string of the molecule is CC(CCSC(F)(F)F)CNC(C)(C)C. The summed E-state index contributed by atoms with van der Waals surface area (Å²) in [6.45, 7) is 8.87. The number of nitrogens with one attached hydrogen (secondary N) is 1. The summed E-state index contributed by atoms with van der Waals surface area (Å²) >= 11 is 0.0675. The minimum absolute atomic E-state index is 0.0332. The monoisotopic (exact) mass is 243 g/mol. The van der Waals surface area contributed by atoms with E-state index in [0.29, 0.717) is 6.42 Å². The van der Waals surface area contributed by atoms with Gasteiger partial charge in [-0.3, -0.25) is 0 Å². The average molecular weight is 243 g/mol. The molecule has 0 aromatic carbocycles. The molecule has 0 amide bonds. The normalized spacial score (nSPS) is 15.4. The maximum atomic E-state index is 11.8. The van der Waals surface area contributed by atoms with Crippen molar-refractivity contribution < 1.29 is 13.2 Å². The number of hydrogen-bond acceptors (Lipinski definition) is 2. The predicted molar refractivity (Wildman–Crippen MR) is 60.0 cm³/mol. The lowest BCUT2D eigenvalue weighted by molar-refractivity contribution is -0.0328. The highest BCUT2D eigenvalue weighted by Crippen LogP contribution is 2.31. The molecule has 0 heterocycles. The number of alkyl halides is 3. The quantitative estimate of drug-likeness (QED) is 0.791. The second-order valence-corrected chi connectivity index (χ2v) is 5.98. The van der Waals surface area contributed by atoms with Crippen LogP contribution in [0.2, 0.25) is 0 Å². The first kappa shape index (κ1) is 15.1. The van der Waals surface area contributed by atoms with Crippen molar-refractivity contribution in [3.05, 3.63) is 0 Å². The first-order valence-corrected chi connectivity index (χ1v) is 6.04. The standard InChI is InChI=1S/C10H20F3NS/c1-8(7-14-9(2,3)4)5-6-15-10(11,12)13/h8,14H,5-7H2,1-4H3. The highest BCUT2D eigenvalue weighted by Gasteiger charge is 2.27. The lowest BCUT2D eigenvalue weighted by atomic mass is 10.1. The van der Waals surface area contributed by atoms with Gasteiger partial charge in [0.25, 0.3) is 0 Å². The summed E-state index contributed by atoms with van der Waals surface area (Å²) in [4.78, 5) is 0. The van der Waals surface area contributed by atoms with E-state index in [4.69, 9.17) is 0 Å². The van der Waals surface area contributed by atoms with E-state index in [-0.39, 0.29) is 29.0 Å². The summed E-state index contributed by atoms with van der Waals surface area (Å²) in [5.74, 6) is 0.426. The molecule has 0 aromatic rings. The van der Waals surface area contributed by atoms with Gasteiger partial charge in [0.05, 0.1) is 0 Å². The summed E-state index contributed by atoms with van der Waals surface area (Å²) in [7, 11) is 0.